The molecule has 1 amide bonds. The van der Waals surface area contributed by atoms with Crippen molar-refractivity contribution in [3.63, 3.8) is 0 Å². The minimum Gasteiger partial charge on any atom is -0.485 e. The molecule has 6 heteroatoms. The molecule has 108 valence electrons. The van der Waals surface area contributed by atoms with Crippen LogP contribution in [0.3, 0.4) is 0 Å². The third-order valence-corrected chi connectivity index (χ3v) is 3.91. The van der Waals surface area contributed by atoms with E-state index in [4.69, 9.17) is 9.47 Å². The highest BCUT2D eigenvalue weighted by Gasteiger charge is 2.27. The summed E-state index contributed by atoms with van der Waals surface area (Å²) in [7, 11) is 0. The van der Waals surface area contributed by atoms with Crippen LogP contribution in [0.2, 0.25) is 0 Å². The van der Waals surface area contributed by atoms with E-state index in [0.717, 1.165) is 10.2 Å². The summed E-state index contributed by atoms with van der Waals surface area (Å²) in [4.78, 5) is 16.4. The van der Waals surface area contributed by atoms with Crippen molar-refractivity contribution < 1.29 is 14.3 Å². The second-order valence-corrected chi connectivity index (χ2v) is 5.44. The quantitative estimate of drug-likeness (QED) is 0.847. The first-order valence-electron chi connectivity index (χ1n) is 6.45. The molecule has 5 nitrogen and oxygen atoms in total. The minimum absolute atomic E-state index is 0.186. The van der Waals surface area contributed by atoms with Crippen LogP contribution in [0, 0.1) is 6.92 Å². The molecule has 0 fully saturated rings. The van der Waals surface area contributed by atoms with Crippen LogP contribution in [0.4, 0.5) is 5.69 Å². The number of hydrogen-bond donors (Lipinski definition) is 1. The zero-order chi connectivity index (χ0) is 14.8. The molecule has 1 aliphatic rings. The number of aryl methyl sites for hydroxylation is 1. The number of aromatic nitrogens is 1. The fourth-order valence-electron chi connectivity index (χ4n) is 2.00. The van der Waals surface area contributed by atoms with E-state index in [0.29, 0.717) is 17.2 Å². The molecule has 1 atom stereocenters. The van der Waals surface area contributed by atoms with Gasteiger partial charge in [0.05, 0.1) is 11.9 Å². The Morgan fingerprint density at radius 1 is 1.38 bits per heavy atom. The smallest absolute Gasteiger partial charge is 0.269 e. The molecule has 0 bridgehead atoms. The molecule has 1 aromatic carbocycles. The molecule has 0 saturated carbocycles. The molecule has 0 spiro atoms. The number of fused-ring (bicyclic) bond motifs is 1. The Balaban J connectivity index is 1.70. The Hall–Kier alpha value is -2.08. The molecular weight excluding hydrogens is 336 g/mol. The van der Waals surface area contributed by atoms with Crippen LogP contribution in [0.25, 0.3) is 0 Å². The van der Waals surface area contributed by atoms with Gasteiger partial charge in [-0.3, -0.25) is 4.79 Å². The molecule has 3 rings (SSSR count). The highest BCUT2D eigenvalue weighted by atomic mass is 79.9. The van der Waals surface area contributed by atoms with E-state index < -0.39 is 6.10 Å². The Bertz CT molecular complexity index is 690. The largest absolute Gasteiger partial charge is 0.485 e. The van der Waals surface area contributed by atoms with Gasteiger partial charge in [0.15, 0.2) is 11.5 Å². The summed E-state index contributed by atoms with van der Waals surface area (Å²) < 4.78 is 11.9. The van der Waals surface area contributed by atoms with E-state index in [-0.39, 0.29) is 12.5 Å². The monoisotopic (exact) mass is 348 g/mol. The summed E-state index contributed by atoms with van der Waals surface area (Å²) >= 11 is 3.32. The van der Waals surface area contributed by atoms with Crippen molar-refractivity contribution in [2.75, 3.05) is 11.9 Å². The number of hydrogen-bond acceptors (Lipinski definition) is 4. The number of benzene rings is 1. The fourth-order valence-corrected chi connectivity index (χ4v) is 2.21. The zero-order valence-electron chi connectivity index (χ0n) is 11.3. The number of carbonyl (C=O) groups excluding carboxylic acids is 1. The van der Waals surface area contributed by atoms with Crippen LogP contribution >= 0.6 is 15.9 Å². The maximum Gasteiger partial charge on any atom is 0.269 e. The van der Waals surface area contributed by atoms with Gasteiger partial charge in [-0.2, -0.15) is 0 Å². The second-order valence-electron chi connectivity index (χ2n) is 4.69. The van der Waals surface area contributed by atoms with Crippen LogP contribution in [0.15, 0.2) is 41.1 Å². The van der Waals surface area contributed by atoms with Crippen molar-refractivity contribution in [3.8, 4) is 11.5 Å². The Labute approximate surface area is 130 Å². The maximum atomic E-state index is 12.2. The van der Waals surface area contributed by atoms with Gasteiger partial charge in [0.25, 0.3) is 5.91 Å². The van der Waals surface area contributed by atoms with Crippen molar-refractivity contribution in [2.45, 2.75) is 13.0 Å². The van der Waals surface area contributed by atoms with E-state index in [1.54, 1.807) is 12.3 Å². The number of carbonyl (C=O) groups is 1. The Kier molecular flexibility index (Phi) is 3.79. The zero-order valence-corrected chi connectivity index (χ0v) is 12.9. The van der Waals surface area contributed by atoms with Gasteiger partial charge in [0, 0.05) is 0 Å². The Morgan fingerprint density at radius 2 is 2.14 bits per heavy atom. The Morgan fingerprint density at radius 3 is 2.90 bits per heavy atom. The molecule has 1 unspecified atom stereocenters. The third-order valence-electron chi connectivity index (χ3n) is 3.08. The summed E-state index contributed by atoms with van der Waals surface area (Å²) in [6.07, 6.45) is 0.913. The summed E-state index contributed by atoms with van der Waals surface area (Å²) in [6, 6.07) is 9.13. The number of para-hydroxylation sites is 2. The van der Waals surface area contributed by atoms with Crippen molar-refractivity contribution in [1.82, 2.24) is 4.98 Å². The lowest BCUT2D eigenvalue weighted by molar-refractivity contribution is -0.125. The van der Waals surface area contributed by atoms with Crippen LogP contribution in [0.5, 0.6) is 11.5 Å². The van der Waals surface area contributed by atoms with Gasteiger partial charge in [-0.15, -0.1) is 0 Å². The van der Waals surface area contributed by atoms with Crippen LogP contribution in [-0.2, 0) is 4.79 Å². The number of nitrogens with zero attached hydrogens (tertiary/aromatic N) is 1. The molecule has 21 heavy (non-hydrogen) atoms. The lowest BCUT2D eigenvalue weighted by Gasteiger charge is -2.25. The first kappa shape index (κ1) is 13.9. The number of pyridine rings is 1. The summed E-state index contributed by atoms with van der Waals surface area (Å²) in [5.41, 5.74) is 1.57. The number of amides is 1. The summed E-state index contributed by atoms with van der Waals surface area (Å²) in [6.45, 7) is 2.09. The number of halogens is 1. The van der Waals surface area contributed by atoms with E-state index >= 15 is 0 Å². The van der Waals surface area contributed by atoms with Gasteiger partial charge >= 0.3 is 0 Å². The average Bonchev–Trinajstić information content (AvgIpc) is 2.50. The van der Waals surface area contributed by atoms with Crippen molar-refractivity contribution in [1.29, 1.82) is 0 Å². The van der Waals surface area contributed by atoms with E-state index in [2.05, 4.69) is 26.2 Å². The lowest BCUT2D eigenvalue weighted by atomic mass is 10.2. The van der Waals surface area contributed by atoms with Gasteiger partial charge in [0.1, 0.15) is 11.2 Å². The molecule has 1 aromatic heterocycles. The molecular formula is C15H13BrN2O3. The van der Waals surface area contributed by atoms with Crippen molar-refractivity contribution >= 4 is 27.5 Å². The van der Waals surface area contributed by atoms with Gasteiger partial charge in [-0.05, 0) is 46.6 Å². The number of ether oxygens (including phenoxy) is 2. The normalized spacial score (nSPS) is 16.4. The van der Waals surface area contributed by atoms with E-state index in [1.165, 1.54) is 0 Å². The van der Waals surface area contributed by atoms with Gasteiger partial charge in [-0.25, -0.2) is 4.98 Å². The average molecular weight is 349 g/mol. The van der Waals surface area contributed by atoms with Crippen molar-refractivity contribution in [3.05, 3.63) is 46.7 Å². The number of anilines is 1. The standard InChI is InChI=1S/C15H13BrN2O3/c1-9-6-10(7-17-14(9)16)18-15(19)13-8-20-11-4-2-3-5-12(11)21-13/h2-7,13H,8H2,1H3,(H,18,19). The maximum absolute atomic E-state index is 12.2. The summed E-state index contributed by atoms with van der Waals surface area (Å²) in [5, 5.41) is 2.78. The number of nitrogens with one attached hydrogen (secondary N) is 1. The predicted octanol–water partition coefficient (Wildman–Crippen LogP) is 2.93. The number of rotatable bonds is 2. The SMILES string of the molecule is Cc1cc(NC(=O)C2COc3ccccc3O2)cnc1Br. The van der Waals surface area contributed by atoms with Gasteiger partial charge in [0.2, 0.25) is 6.10 Å². The fraction of sp³-hybridized carbons (Fsp3) is 0.200. The van der Waals surface area contributed by atoms with E-state index in [1.807, 2.05) is 31.2 Å². The second kappa shape index (κ2) is 5.73. The lowest BCUT2D eigenvalue weighted by Crippen LogP contribution is -2.40. The molecule has 0 radical (unpaired) electrons. The highest BCUT2D eigenvalue weighted by molar-refractivity contribution is 9.10. The molecule has 0 aliphatic carbocycles. The molecule has 2 aromatic rings. The van der Waals surface area contributed by atoms with Crippen LogP contribution < -0.4 is 14.8 Å². The predicted molar refractivity (Wildman–Crippen MR) is 81.7 cm³/mol. The van der Waals surface area contributed by atoms with E-state index in [9.17, 15) is 4.79 Å². The van der Waals surface area contributed by atoms with Crippen molar-refractivity contribution in [2.24, 2.45) is 0 Å². The van der Waals surface area contributed by atoms with Crippen LogP contribution in [-0.4, -0.2) is 23.6 Å². The third kappa shape index (κ3) is 3.00. The first-order chi connectivity index (χ1) is 10.1. The topological polar surface area (TPSA) is 60.5 Å². The molecule has 1 N–H and O–H groups in total. The molecule has 1 aliphatic heterocycles. The summed E-state index contributed by atoms with van der Waals surface area (Å²) in [5.74, 6) is 0.977. The minimum atomic E-state index is -0.677. The molecule has 0 saturated heterocycles. The molecule has 2 heterocycles. The van der Waals surface area contributed by atoms with Gasteiger partial charge < -0.3 is 14.8 Å². The van der Waals surface area contributed by atoms with Gasteiger partial charge in [-0.1, -0.05) is 12.1 Å². The highest BCUT2D eigenvalue weighted by Crippen LogP contribution is 2.31. The first-order valence-corrected chi connectivity index (χ1v) is 7.24. The van der Waals surface area contributed by atoms with Crippen LogP contribution in [0.1, 0.15) is 5.56 Å².